The van der Waals surface area contributed by atoms with E-state index in [1.54, 1.807) is 13.0 Å². The maximum Gasteiger partial charge on any atom is 0.232 e. The van der Waals surface area contributed by atoms with Gasteiger partial charge in [-0.25, -0.2) is 13.4 Å². The number of anilines is 3. The molecular weight excluding hydrogens is 359 g/mol. The summed E-state index contributed by atoms with van der Waals surface area (Å²) >= 11 is 11.8. The SMILES string of the molecule is CCc1cccc(Nc2nc(Cl)ncc2Cl)c1NS(=O)(=O)CC. The summed E-state index contributed by atoms with van der Waals surface area (Å²) in [6.45, 7) is 3.52. The quantitative estimate of drug-likeness (QED) is 0.750. The zero-order valence-electron chi connectivity index (χ0n) is 12.6. The molecule has 6 nitrogen and oxygen atoms in total. The Balaban J connectivity index is 2.48. The molecule has 0 fully saturated rings. The molecule has 2 rings (SSSR count). The molecule has 0 aliphatic carbocycles. The number of rotatable bonds is 6. The molecule has 0 saturated carbocycles. The first-order valence-electron chi connectivity index (χ1n) is 6.93. The molecule has 23 heavy (non-hydrogen) atoms. The van der Waals surface area contributed by atoms with Gasteiger partial charge in [-0.2, -0.15) is 4.98 Å². The third kappa shape index (κ3) is 4.46. The Morgan fingerprint density at radius 2 is 1.96 bits per heavy atom. The van der Waals surface area contributed by atoms with Crippen LogP contribution in [-0.4, -0.2) is 24.1 Å². The number of hydrogen-bond donors (Lipinski definition) is 2. The number of sulfonamides is 1. The standard InChI is InChI=1S/C14H16Cl2N4O2S/c1-3-9-6-5-7-11(12(9)20-23(21,22)4-2)18-13-10(15)8-17-14(16)19-13/h5-8,20H,3-4H2,1-2H3,(H,17,18,19). The Hall–Kier alpha value is -1.57. The average Bonchev–Trinajstić information content (AvgIpc) is 2.52. The molecule has 124 valence electrons. The second kappa shape index (κ2) is 7.33. The summed E-state index contributed by atoms with van der Waals surface area (Å²) in [6, 6.07) is 5.41. The van der Waals surface area contributed by atoms with Gasteiger partial charge in [-0.05, 0) is 36.6 Å². The molecule has 1 heterocycles. The summed E-state index contributed by atoms with van der Waals surface area (Å²) in [7, 11) is -3.42. The van der Waals surface area contributed by atoms with Gasteiger partial charge >= 0.3 is 0 Å². The van der Waals surface area contributed by atoms with Gasteiger partial charge in [-0.3, -0.25) is 4.72 Å². The summed E-state index contributed by atoms with van der Waals surface area (Å²) in [4.78, 5) is 7.80. The normalized spacial score (nSPS) is 11.3. The molecule has 2 aromatic rings. The topological polar surface area (TPSA) is 84.0 Å². The maximum absolute atomic E-state index is 12.0. The van der Waals surface area contributed by atoms with E-state index in [4.69, 9.17) is 23.2 Å². The number of halogens is 2. The van der Waals surface area contributed by atoms with Crippen LogP contribution in [0.1, 0.15) is 19.4 Å². The van der Waals surface area contributed by atoms with Crippen LogP contribution < -0.4 is 10.0 Å². The van der Waals surface area contributed by atoms with E-state index in [0.717, 1.165) is 5.56 Å². The first-order valence-corrected chi connectivity index (χ1v) is 9.34. The highest BCUT2D eigenvalue weighted by molar-refractivity contribution is 7.92. The predicted molar refractivity (Wildman–Crippen MR) is 94.2 cm³/mol. The highest BCUT2D eigenvalue weighted by Crippen LogP contribution is 2.32. The fraction of sp³-hybridized carbons (Fsp3) is 0.286. The Morgan fingerprint density at radius 3 is 2.61 bits per heavy atom. The minimum atomic E-state index is -3.42. The van der Waals surface area contributed by atoms with Crippen LogP contribution in [0.3, 0.4) is 0 Å². The lowest BCUT2D eigenvalue weighted by molar-refractivity contribution is 0.602. The van der Waals surface area contributed by atoms with Crippen molar-refractivity contribution in [3.63, 3.8) is 0 Å². The van der Waals surface area contributed by atoms with Crippen LogP contribution in [0.2, 0.25) is 10.3 Å². The Labute approximate surface area is 145 Å². The highest BCUT2D eigenvalue weighted by atomic mass is 35.5. The Bertz CT molecular complexity index is 812. The summed E-state index contributed by atoms with van der Waals surface area (Å²) < 4.78 is 26.5. The first-order chi connectivity index (χ1) is 10.9. The number of hydrogen-bond acceptors (Lipinski definition) is 5. The first kappa shape index (κ1) is 17.8. The van der Waals surface area contributed by atoms with Crippen LogP contribution in [0.4, 0.5) is 17.2 Å². The molecule has 0 unspecified atom stereocenters. The summed E-state index contributed by atoms with van der Waals surface area (Å²) in [5.74, 6) is 0.279. The Kier molecular flexibility index (Phi) is 5.67. The second-order valence-electron chi connectivity index (χ2n) is 4.66. The van der Waals surface area contributed by atoms with Crippen LogP contribution in [0.15, 0.2) is 24.4 Å². The van der Waals surface area contributed by atoms with E-state index < -0.39 is 10.0 Å². The number of aryl methyl sites for hydroxylation is 1. The van der Waals surface area contributed by atoms with Crippen molar-refractivity contribution in [1.29, 1.82) is 0 Å². The lowest BCUT2D eigenvalue weighted by Crippen LogP contribution is -2.17. The van der Waals surface area contributed by atoms with Crippen LogP contribution >= 0.6 is 23.2 Å². The fourth-order valence-electron chi connectivity index (χ4n) is 1.91. The average molecular weight is 375 g/mol. The van der Waals surface area contributed by atoms with Crippen LogP contribution in [-0.2, 0) is 16.4 Å². The minimum absolute atomic E-state index is 0.0232. The van der Waals surface area contributed by atoms with Crippen molar-refractivity contribution < 1.29 is 8.42 Å². The smallest absolute Gasteiger partial charge is 0.232 e. The maximum atomic E-state index is 12.0. The van der Waals surface area contributed by atoms with Gasteiger partial charge in [0.15, 0.2) is 5.82 Å². The molecule has 0 aliphatic rings. The van der Waals surface area contributed by atoms with Crippen molar-refractivity contribution >= 4 is 50.4 Å². The monoisotopic (exact) mass is 374 g/mol. The third-order valence-corrected chi connectivity index (χ3v) is 4.87. The van der Waals surface area contributed by atoms with E-state index in [1.165, 1.54) is 6.20 Å². The van der Waals surface area contributed by atoms with Crippen molar-refractivity contribution in [3.8, 4) is 0 Å². The van der Waals surface area contributed by atoms with E-state index in [9.17, 15) is 8.42 Å². The lowest BCUT2D eigenvalue weighted by atomic mass is 10.1. The van der Waals surface area contributed by atoms with Crippen molar-refractivity contribution in [2.75, 3.05) is 15.8 Å². The molecule has 0 aliphatic heterocycles. The fourth-order valence-corrected chi connectivity index (χ4v) is 2.88. The van der Waals surface area contributed by atoms with Gasteiger partial charge < -0.3 is 5.32 Å². The summed E-state index contributed by atoms with van der Waals surface area (Å²) in [6.07, 6.45) is 2.04. The van der Waals surface area contributed by atoms with Crippen molar-refractivity contribution in [1.82, 2.24) is 9.97 Å². The van der Waals surface area contributed by atoms with Crippen molar-refractivity contribution in [2.24, 2.45) is 0 Å². The van der Waals surface area contributed by atoms with E-state index in [2.05, 4.69) is 20.0 Å². The van der Waals surface area contributed by atoms with Crippen LogP contribution in [0.5, 0.6) is 0 Å². The van der Waals surface area contributed by atoms with Gasteiger partial charge in [-0.1, -0.05) is 30.7 Å². The predicted octanol–water partition coefficient (Wildman–Crippen LogP) is 3.85. The number of nitrogens with zero attached hydrogens (tertiary/aromatic N) is 2. The van der Waals surface area contributed by atoms with E-state index in [-0.39, 0.29) is 16.1 Å². The van der Waals surface area contributed by atoms with Gasteiger partial charge in [0.1, 0.15) is 5.02 Å². The van der Waals surface area contributed by atoms with E-state index in [1.807, 2.05) is 19.1 Å². The molecule has 0 amide bonds. The van der Waals surface area contributed by atoms with Crippen molar-refractivity contribution in [3.05, 3.63) is 40.3 Å². The molecule has 2 N–H and O–H groups in total. The van der Waals surface area contributed by atoms with Crippen molar-refractivity contribution in [2.45, 2.75) is 20.3 Å². The molecule has 0 saturated heterocycles. The van der Waals surface area contributed by atoms with Crippen LogP contribution in [0, 0.1) is 0 Å². The molecular formula is C14H16Cl2N4O2S. The molecule has 0 radical (unpaired) electrons. The van der Waals surface area contributed by atoms with Gasteiger partial charge in [0, 0.05) is 0 Å². The zero-order chi connectivity index (χ0) is 17.0. The minimum Gasteiger partial charge on any atom is -0.337 e. The summed E-state index contributed by atoms with van der Waals surface area (Å²) in [5, 5.41) is 3.33. The van der Waals surface area contributed by atoms with E-state index in [0.29, 0.717) is 23.6 Å². The van der Waals surface area contributed by atoms with Gasteiger partial charge in [0.2, 0.25) is 15.3 Å². The number of aromatic nitrogens is 2. The molecule has 0 spiro atoms. The summed E-state index contributed by atoms with van der Waals surface area (Å²) in [5.41, 5.74) is 1.86. The molecule has 0 atom stereocenters. The Morgan fingerprint density at radius 1 is 1.22 bits per heavy atom. The third-order valence-electron chi connectivity index (χ3n) is 3.14. The number of benzene rings is 1. The number of nitrogens with one attached hydrogen (secondary N) is 2. The molecule has 9 heteroatoms. The largest absolute Gasteiger partial charge is 0.337 e. The number of para-hydroxylation sites is 1. The zero-order valence-corrected chi connectivity index (χ0v) is 14.9. The van der Waals surface area contributed by atoms with E-state index >= 15 is 0 Å². The van der Waals surface area contributed by atoms with Crippen LogP contribution in [0.25, 0.3) is 0 Å². The molecule has 0 bridgehead atoms. The molecule has 1 aromatic heterocycles. The van der Waals surface area contributed by atoms with Gasteiger partial charge in [0.25, 0.3) is 0 Å². The van der Waals surface area contributed by atoms with Gasteiger partial charge in [0.05, 0.1) is 23.3 Å². The van der Waals surface area contributed by atoms with Gasteiger partial charge in [-0.15, -0.1) is 0 Å². The molecule has 1 aromatic carbocycles. The second-order valence-corrected chi connectivity index (χ2v) is 7.42. The highest BCUT2D eigenvalue weighted by Gasteiger charge is 2.15. The lowest BCUT2D eigenvalue weighted by Gasteiger charge is -2.17.